The number of aromatic amines is 1. The van der Waals surface area contributed by atoms with Gasteiger partial charge in [0.25, 0.3) is 0 Å². The second-order valence-electron chi connectivity index (χ2n) is 1.91. The van der Waals surface area contributed by atoms with Crippen LogP contribution in [0.1, 0.15) is 0 Å². The molecule has 0 saturated heterocycles. The van der Waals surface area contributed by atoms with E-state index in [4.69, 9.17) is 5.73 Å². The van der Waals surface area contributed by atoms with E-state index in [0.29, 0.717) is 6.29 Å². The smallest absolute Gasteiger partial charge is 0.350 e. The molecule has 0 spiro atoms. The van der Waals surface area contributed by atoms with E-state index >= 15 is 0 Å². The molecule has 1 aromatic heterocycles. The molecule has 0 aliphatic carbocycles. The summed E-state index contributed by atoms with van der Waals surface area (Å²) < 4.78 is 0. The SMILES string of the molecule is Nc1nc(NCC=O)nc(=O)[nH]1. The monoisotopic (exact) mass is 169 g/mol. The number of nitrogens with zero attached hydrogens (tertiary/aromatic N) is 2. The number of nitrogens with two attached hydrogens (primary N) is 1. The van der Waals surface area contributed by atoms with E-state index in [9.17, 15) is 9.59 Å². The quantitative estimate of drug-likeness (QED) is 0.467. The lowest BCUT2D eigenvalue weighted by Gasteiger charge is -1.98. The zero-order valence-electron chi connectivity index (χ0n) is 6.07. The average molecular weight is 169 g/mol. The molecule has 1 aromatic rings. The van der Waals surface area contributed by atoms with Gasteiger partial charge in [-0.1, -0.05) is 0 Å². The first kappa shape index (κ1) is 8.18. The molecule has 4 N–H and O–H groups in total. The van der Waals surface area contributed by atoms with Crippen LogP contribution in [0.5, 0.6) is 0 Å². The summed E-state index contributed by atoms with van der Waals surface area (Å²) in [6.07, 6.45) is 0.626. The van der Waals surface area contributed by atoms with Crippen molar-refractivity contribution in [1.82, 2.24) is 15.0 Å². The molecular weight excluding hydrogens is 162 g/mol. The summed E-state index contributed by atoms with van der Waals surface area (Å²) >= 11 is 0. The summed E-state index contributed by atoms with van der Waals surface area (Å²) in [6, 6.07) is 0. The third-order valence-electron chi connectivity index (χ3n) is 1.01. The number of rotatable bonds is 3. The van der Waals surface area contributed by atoms with Crippen molar-refractivity contribution in [2.75, 3.05) is 17.6 Å². The van der Waals surface area contributed by atoms with Gasteiger partial charge in [-0.15, -0.1) is 0 Å². The third kappa shape index (κ3) is 2.04. The predicted octanol–water partition coefficient (Wildman–Crippen LogP) is -1.64. The fourth-order valence-corrected chi connectivity index (χ4v) is 0.613. The zero-order chi connectivity index (χ0) is 8.97. The van der Waals surface area contributed by atoms with Crippen LogP contribution in [0.2, 0.25) is 0 Å². The molecule has 0 aliphatic rings. The normalized spacial score (nSPS) is 9.33. The van der Waals surface area contributed by atoms with E-state index in [0.717, 1.165) is 0 Å². The van der Waals surface area contributed by atoms with Crippen molar-refractivity contribution >= 4 is 18.2 Å². The number of anilines is 2. The molecule has 1 heterocycles. The van der Waals surface area contributed by atoms with Crippen molar-refractivity contribution in [1.29, 1.82) is 0 Å². The van der Waals surface area contributed by atoms with Crippen molar-refractivity contribution in [2.45, 2.75) is 0 Å². The molecule has 64 valence electrons. The van der Waals surface area contributed by atoms with Crippen LogP contribution >= 0.6 is 0 Å². The van der Waals surface area contributed by atoms with E-state index < -0.39 is 5.69 Å². The van der Waals surface area contributed by atoms with Crippen molar-refractivity contribution in [3.63, 3.8) is 0 Å². The highest BCUT2D eigenvalue weighted by atomic mass is 16.1. The van der Waals surface area contributed by atoms with Gasteiger partial charge >= 0.3 is 5.69 Å². The molecule has 0 unspecified atom stereocenters. The predicted molar refractivity (Wildman–Crippen MR) is 41.6 cm³/mol. The second kappa shape index (κ2) is 3.46. The number of hydrogen-bond acceptors (Lipinski definition) is 6. The number of nitrogens with one attached hydrogen (secondary N) is 2. The first-order valence-electron chi connectivity index (χ1n) is 3.13. The van der Waals surface area contributed by atoms with E-state index in [-0.39, 0.29) is 18.4 Å². The largest absolute Gasteiger partial charge is 0.369 e. The van der Waals surface area contributed by atoms with Crippen LogP contribution in [-0.2, 0) is 4.79 Å². The van der Waals surface area contributed by atoms with Gasteiger partial charge in [-0.25, -0.2) is 4.79 Å². The van der Waals surface area contributed by atoms with Crippen LogP contribution in [0.15, 0.2) is 4.79 Å². The first-order valence-corrected chi connectivity index (χ1v) is 3.13. The Kier molecular flexibility index (Phi) is 2.36. The van der Waals surface area contributed by atoms with E-state index in [1.165, 1.54) is 0 Å². The van der Waals surface area contributed by atoms with E-state index in [1.807, 2.05) is 0 Å². The summed E-state index contributed by atoms with van der Waals surface area (Å²) in [4.78, 5) is 29.7. The molecule has 0 radical (unpaired) electrons. The zero-order valence-corrected chi connectivity index (χ0v) is 6.07. The van der Waals surface area contributed by atoms with E-state index in [2.05, 4.69) is 20.3 Å². The Morgan fingerprint density at radius 2 is 2.33 bits per heavy atom. The van der Waals surface area contributed by atoms with Crippen LogP contribution in [0, 0.1) is 0 Å². The minimum Gasteiger partial charge on any atom is -0.369 e. The minimum atomic E-state index is -0.601. The standard InChI is InChI=1S/C5H7N5O2/c6-3-8-4(7-1-2-11)10-5(12)9-3/h2H,1H2,(H4,6,7,8,9,10,12). The van der Waals surface area contributed by atoms with Crippen LogP contribution in [0.4, 0.5) is 11.9 Å². The van der Waals surface area contributed by atoms with Crippen molar-refractivity contribution in [3.05, 3.63) is 10.5 Å². The lowest BCUT2D eigenvalue weighted by atomic mass is 10.7. The summed E-state index contributed by atoms with van der Waals surface area (Å²) in [5, 5.41) is 2.49. The maximum absolute atomic E-state index is 10.7. The highest BCUT2D eigenvalue weighted by Gasteiger charge is 1.97. The molecule has 0 amide bonds. The average Bonchev–Trinajstić information content (AvgIpc) is 1.99. The molecule has 1 rings (SSSR count). The lowest BCUT2D eigenvalue weighted by Crippen LogP contribution is -2.18. The Morgan fingerprint density at radius 3 is 2.92 bits per heavy atom. The van der Waals surface area contributed by atoms with Crippen molar-refractivity contribution < 1.29 is 4.79 Å². The van der Waals surface area contributed by atoms with Gasteiger partial charge in [-0.3, -0.25) is 4.98 Å². The maximum atomic E-state index is 10.7. The highest BCUT2D eigenvalue weighted by Crippen LogP contribution is 1.92. The Morgan fingerprint density at radius 1 is 1.58 bits per heavy atom. The number of aromatic nitrogens is 3. The van der Waals surface area contributed by atoms with E-state index in [1.54, 1.807) is 0 Å². The minimum absolute atomic E-state index is 0.0385. The van der Waals surface area contributed by atoms with Gasteiger partial charge in [-0.05, 0) is 0 Å². The van der Waals surface area contributed by atoms with Crippen LogP contribution in [0.25, 0.3) is 0 Å². The Hall–Kier alpha value is -1.92. The van der Waals surface area contributed by atoms with Gasteiger partial charge in [0.05, 0.1) is 6.54 Å². The molecule has 12 heavy (non-hydrogen) atoms. The van der Waals surface area contributed by atoms with Crippen molar-refractivity contribution in [3.8, 4) is 0 Å². The van der Waals surface area contributed by atoms with Crippen LogP contribution < -0.4 is 16.7 Å². The number of hydrogen-bond donors (Lipinski definition) is 3. The van der Waals surface area contributed by atoms with Gasteiger partial charge in [-0.2, -0.15) is 9.97 Å². The topological polar surface area (TPSA) is 114 Å². The molecule has 7 heteroatoms. The van der Waals surface area contributed by atoms with Crippen molar-refractivity contribution in [2.24, 2.45) is 0 Å². The lowest BCUT2D eigenvalue weighted by molar-refractivity contribution is -0.106. The van der Waals surface area contributed by atoms with Crippen LogP contribution in [0.3, 0.4) is 0 Å². The maximum Gasteiger partial charge on any atom is 0.350 e. The van der Waals surface area contributed by atoms with Gasteiger partial charge in [0.2, 0.25) is 11.9 Å². The molecule has 0 saturated carbocycles. The Balaban J connectivity index is 2.85. The fraction of sp³-hybridized carbons (Fsp3) is 0.200. The van der Waals surface area contributed by atoms with Gasteiger partial charge in [0, 0.05) is 0 Å². The van der Waals surface area contributed by atoms with Gasteiger partial charge < -0.3 is 15.8 Å². The number of nitrogen functional groups attached to an aromatic ring is 1. The van der Waals surface area contributed by atoms with Gasteiger partial charge in [0.1, 0.15) is 6.29 Å². The molecule has 0 aliphatic heterocycles. The number of carbonyl (C=O) groups is 1. The molecule has 0 bridgehead atoms. The molecule has 0 atom stereocenters. The Labute approximate surface area is 67.0 Å². The molecule has 7 nitrogen and oxygen atoms in total. The second-order valence-corrected chi connectivity index (χ2v) is 1.91. The fourth-order valence-electron chi connectivity index (χ4n) is 0.613. The number of aldehydes is 1. The third-order valence-corrected chi connectivity index (χ3v) is 1.01. The Bertz CT molecular complexity index is 333. The summed E-state index contributed by atoms with van der Waals surface area (Å²) in [5.41, 5.74) is 4.60. The number of carbonyl (C=O) groups excluding carboxylic acids is 1. The molecule has 0 fully saturated rings. The van der Waals surface area contributed by atoms with Crippen LogP contribution in [-0.4, -0.2) is 27.8 Å². The first-order chi connectivity index (χ1) is 5.72. The number of H-pyrrole nitrogens is 1. The summed E-state index contributed by atoms with van der Waals surface area (Å²) in [7, 11) is 0. The van der Waals surface area contributed by atoms with Gasteiger partial charge in [0.15, 0.2) is 0 Å². The summed E-state index contributed by atoms with van der Waals surface area (Å²) in [5.74, 6) is 0.00625. The highest BCUT2D eigenvalue weighted by molar-refractivity contribution is 5.56. The summed E-state index contributed by atoms with van der Waals surface area (Å²) in [6.45, 7) is 0.0445. The molecular formula is C5H7N5O2. The molecule has 0 aromatic carbocycles.